The van der Waals surface area contributed by atoms with E-state index in [9.17, 15) is 4.79 Å². The first kappa shape index (κ1) is 16.6. The van der Waals surface area contributed by atoms with Gasteiger partial charge in [0.2, 0.25) is 5.89 Å². The van der Waals surface area contributed by atoms with Gasteiger partial charge in [-0.3, -0.25) is 0 Å². The number of rotatable bonds is 5. The zero-order valence-electron chi connectivity index (χ0n) is 14.0. The molecule has 0 saturated heterocycles. The minimum Gasteiger partial charge on any atom is -0.449 e. The molecule has 1 aromatic heterocycles. The van der Waals surface area contributed by atoms with Crippen LogP contribution in [0.3, 0.4) is 0 Å². The van der Waals surface area contributed by atoms with Crippen LogP contribution in [0.25, 0.3) is 17.5 Å². The third-order valence-electron chi connectivity index (χ3n) is 3.69. The minimum atomic E-state index is -0.626. The smallest absolute Gasteiger partial charge is 0.331 e. The number of ether oxygens (including phenoxy) is 1. The molecule has 0 aliphatic carbocycles. The molecule has 0 radical (unpaired) electrons. The Morgan fingerprint density at radius 1 is 1.08 bits per heavy atom. The Balaban J connectivity index is 1.64. The number of hydrogen-bond acceptors (Lipinski definition) is 5. The van der Waals surface area contributed by atoms with Gasteiger partial charge < -0.3 is 9.15 Å². The maximum absolute atomic E-state index is 12.0. The van der Waals surface area contributed by atoms with Gasteiger partial charge in [-0.2, -0.15) is 0 Å². The van der Waals surface area contributed by atoms with Crippen molar-refractivity contribution in [1.82, 2.24) is 10.2 Å². The number of nitrogens with zero attached hydrogens (tertiary/aromatic N) is 2. The highest BCUT2D eigenvalue weighted by Gasteiger charge is 2.17. The van der Waals surface area contributed by atoms with E-state index in [1.165, 1.54) is 6.08 Å². The number of carbonyl (C=O) groups is 1. The van der Waals surface area contributed by atoms with Crippen LogP contribution in [0.1, 0.15) is 30.0 Å². The second-order valence-electron chi connectivity index (χ2n) is 5.58. The van der Waals surface area contributed by atoms with Gasteiger partial charge in [-0.25, -0.2) is 4.79 Å². The van der Waals surface area contributed by atoms with Gasteiger partial charge in [0.1, 0.15) is 0 Å². The first-order valence-electron chi connectivity index (χ1n) is 7.96. The summed E-state index contributed by atoms with van der Waals surface area (Å²) in [4.78, 5) is 12.0. The maximum Gasteiger partial charge on any atom is 0.331 e. The van der Waals surface area contributed by atoms with Crippen molar-refractivity contribution < 1.29 is 13.9 Å². The Labute approximate surface area is 146 Å². The van der Waals surface area contributed by atoms with Gasteiger partial charge in [-0.15, -0.1) is 10.2 Å². The van der Waals surface area contributed by atoms with Gasteiger partial charge in [-0.05, 0) is 43.2 Å². The predicted octanol–water partition coefficient (Wildman–Crippen LogP) is 4.36. The van der Waals surface area contributed by atoms with Crippen LogP contribution >= 0.6 is 0 Å². The summed E-state index contributed by atoms with van der Waals surface area (Å²) < 4.78 is 10.9. The van der Waals surface area contributed by atoms with Crippen molar-refractivity contribution in [3.63, 3.8) is 0 Å². The van der Waals surface area contributed by atoms with E-state index in [0.29, 0.717) is 5.89 Å². The van der Waals surface area contributed by atoms with Crippen molar-refractivity contribution in [3.8, 4) is 11.5 Å². The van der Waals surface area contributed by atoms with E-state index < -0.39 is 12.1 Å². The second-order valence-corrected chi connectivity index (χ2v) is 5.58. The van der Waals surface area contributed by atoms with Crippen LogP contribution in [0.2, 0.25) is 0 Å². The molecule has 3 rings (SSSR count). The molecule has 0 aliphatic heterocycles. The fraction of sp³-hybridized carbons (Fsp3) is 0.150. The molecule has 126 valence electrons. The molecule has 0 N–H and O–H groups in total. The first-order valence-corrected chi connectivity index (χ1v) is 7.96. The summed E-state index contributed by atoms with van der Waals surface area (Å²) in [6.45, 7) is 3.68. The quantitative estimate of drug-likeness (QED) is 0.512. The van der Waals surface area contributed by atoms with Crippen LogP contribution in [0.15, 0.2) is 65.1 Å². The summed E-state index contributed by atoms with van der Waals surface area (Å²) >= 11 is 0. The summed E-state index contributed by atoms with van der Waals surface area (Å²) in [7, 11) is 0. The molecule has 0 bridgehead atoms. The summed E-state index contributed by atoms with van der Waals surface area (Å²) in [5.41, 5.74) is 2.87. The van der Waals surface area contributed by atoms with E-state index in [1.807, 2.05) is 61.5 Å². The third kappa shape index (κ3) is 4.20. The average Bonchev–Trinajstić information content (AvgIpc) is 3.12. The van der Waals surface area contributed by atoms with E-state index in [4.69, 9.17) is 9.15 Å². The molecule has 2 aromatic carbocycles. The second kappa shape index (κ2) is 7.57. The standard InChI is InChI=1S/C20H18N2O3/c1-14-8-6-7-9-16(14)12-13-18(23)24-15(2)19-21-22-20(25-19)17-10-4-3-5-11-17/h3-13,15H,1-2H3/b13-12+/t15-/m1/s1. The molecule has 0 fully saturated rings. The Bertz CT molecular complexity index is 885. The number of carbonyl (C=O) groups excluding carboxylic acids is 1. The van der Waals surface area contributed by atoms with Gasteiger partial charge in [0.05, 0.1) is 0 Å². The normalized spacial score (nSPS) is 12.2. The Morgan fingerprint density at radius 2 is 1.80 bits per heavy atom. The SMILES string of the molecule is Cc1ccccc1/C=C/C(=O)O[C@H](C)c1nnc(-c2ccccc2)o1. The molecule has 0 unspecified atom stereocenters. The number of esters is 1. The van der Waals surface area contributed by atoms with Crippen LogP contribution in [0.4, 0.5) is 0 Å². The molecule has 1 atom stereocenters. The predicted molar refractivity (Wildman–Crippen MR) is 94.5 cm³/mol. The van der Waals surface area contributed by atoms with Crippen LogP contribution in [0.5, 0.6) is 0 Å². The van der Waals surface area contributed by atoms with Gasteiger partial charge in [0.25, 0.3) is 5.89 Å². The van der Waals surface area contributed by atoms with Gasteiger partial charge in [-0.1, -0.05) is 42.5 Å². The Morgan fingerprint density at radius 3 is 2.56 bits per heavy atom. The highest BCUT2D eigenvalue weighted by molar-refractivity contribution is 5.87. The summed E-state index contributed by atoms with van der Waals surface area (Å²) in [6.07, 6.45) is 2.50. The van der Waals surface area contributed by atoms with Crippen molar-refractivity contribution in [1.29, 1.82) is 0 Å². The third-order valence-corrected chi connectivity index (χ3v) is 3.69. The molecule has 0 saturated carbocycles. The lowest BCUT2D eigenvalue weighted by Gasteiger charge is -2.07. The number of aryl methyl sites for hydroxylation is 1. The molecule has 5 nitrogen and oxygen atoms in total. The van der Waals surface area contributed by atoms with E-state index in [2.05, 4.69) is 10.2 Å². The highest BCUT2D eigenvalue weighted by atomic mass is 16.6. The van der Waals surface area contributed by atoms with Crippen molar-refractivity contribution in [2.24, 2.45) is 0 Å². The Kier molecular flexibility index (Phi) is 5.04. The van der Waals surface area contributed by atoms with Crippen molar-refractivity contribution in [3.05, 3.63) is 77.7 Å². The number of hydrogen-bond donors (Lipinski definition) is 0. The lowest BCUT2D eigenvalue weighted by Crippen LogP contribution is -2.06. The lowest BCUT2D eigenvalue weighted by molar-refractivity contribution is -0.143. The van der Waals surface area contributed by atoms with Gasteiger partial charge >= 0.3 is 5.97 Å². The summed E-state index contributed by atoms with van der Waals surface area (Å²) in [5, 5.41) is 7.95. The molecular formula is C20H18N2O3. The molecule has 5 heteroatoms. The van der Waals surface area contributed by atoms with Crippen LogP contribution in [-0.2, 0) is 9.53 Å². The molecule has 1 heterocycles. The molecular weight excluding hydrogens is 316 g/mol. The lowest BCUT2D eigenvalue weighted by atomic mass is 10.1. The number of benzene rings is 2. The van der Waals surface area contributed by atoms with E-state index in [-0.39, 0.29) is 5.89 Å². The molecule has 0 aliphatic rings. The maximum atomic E-state index is 12.0. The summed E-state index contributed by atoms with van der Waals surface area (Å²) in [6, 6.07) is 17.2. The Hall–Kier alpha value is -3.21. The van der Waals surface area contributed by atoms with Crippen LogP contribution in [-0.4, -0.2) is 16.2 Å². The van der Waals surface area contributed by atoms with Crippen molar-refractivity contribution in [2.75, 3.05) is 0 Å². The highest BCUT2D eigenvalue weighted by Crippen LogP contribution is 2.22. The van der Waals surface area contributed by atoms with Crippen molar-refractivity contribution in [2.45, 2.75) is 20.0 Å². The summed E-state index contributed by atoms with van der Waals surface area (Å²) in [5.74, 6) is 0.195. The zero-order chi connectivity index (χ0) is 17.6. The fourth-order valence-electron chi connectivity index (χ4n) is 2.29. The van der Waals surface area contributed by atoms with E-state index in [1.54, 1.807) is 13.0 Å². The van der Waals surface area contributed by atoms with Gasteiger partial charge in [0, 0.05) is 11.6 Å². The molecule has 0 amide bonds. The van der Waals surface area contributed by atoms with Crippen LogP contribution < -0.4 is 0 Å². The van der Waals surface area contributed by atoms with Crippen LogP contribution in [0, 0.1) is 6.92 Å². The molecule has 0 spiro atoms. The monoisotopic (exact) mass is 334 g/mol. The number of aromatic nitrogens is 2. The zero-order valence-corrected chi connectivity index (χ0v) is 14.0. The van der Waals surface area contributed by atoms with Crippen molar-refractivity contribution >= 4 is 12.0 Å². The van der Waals surface area contributed by atoms with Gasteiger partial charge in [0.15, 0.2) is 6.10 Å². The fourth-order valence-corrected chi connectivity index (χ4v) is 2.29. The minimum absolute atomic E-state index is 0.261. The largest absolute Gasteiger partial charge is 0.449 e. The molecule has 3 aromatic rings. The van der Waals surface area contributed by atoms with E-state index >= 15 is 0 Å². The molecule has 25 heavy (non-hydrogen) atoms. The topological polar surface area (TPSA) is 65.2 Å². The first-order chi connectivity index (χ1) is 12.1. The average molecular weight is 334 g/mol. The van der Waals surface area contributed by atoms with E-state index in [0.717, 1.165) is 16.7 Å².